The summed E-state index contributed by atoms with van der Waals surface area (Å²) in [5.74, 6) is 0.480. The Balaban J connectivity index is 2.49. The van der Waals surface area contributed by atoms with Gasteiger partial charge < -0.3 is 10.2 Å². The fourth-order valence-corrected chi connectivity index (χ4v) is 1.16. The number of amides is 1. The normalized spacial score (nSPS) is 12.7. The molecule has 0 bridgehead atoms. The third kappa shape index (κ3) is 2.91. The van der Waals surface area contributed by atoms with Crippen molar-refractivity contribution in [2.45, 2.75) is 19.4 Å². The largest absolute Gasteiger partial charge is 0.468 e. The minimum atomic E-state index is -0.356. The summed E-state index contributed by atoms with van der Waals surface area (Å²) in [4.78, 5) is 10.5. The molecule has 1 amide bonds. The lowest BCUT2D eigenvalue weighted by Crippen LogP contribution is -2.31. The van der Waals surface area contributed by atoms with E-state index in [9.17, 15) is 4.79 Å². The van der Waals surface area contributed by atoms with Gasteiger partial charge in [0.15, 0.2) is 0 Å². The monoisotopic (exact) mass is 182 g/mol. The number of carbonyl (C=O) groups excluding carboxylic acids is 1. The van der Waals surface area contributed by atoms with Gasteiger partial charge in [-0.25, -0.2) is 0 Å². The van der Waals surface area contributed by atoms with Gasteiger partial charge in [-0.2, -0.15) is 0 Å². The summed E-state index contributed by atoms with van der Waals surface area (Å²) in [6.45, 7) is 2.19. The summed E-state index contributed by atoms with van der Waals surface area (Å²) in [7, 11) is 0. The average Bonchev–Trinajstić information content (AvgIpc) is 2.58. The van der Waals surface area contributed by atoms with Gasteiger partial charge in [-0.05, 0) is 18.6 Å². The molecule has 0 saturated carbocycles. The Labute approximate surface area is 77.1 Å². The van der Waals surface area contributed by atoms with E-state index in [0.717, 1.165) is 12.2 Å². The Morgan fingerprint density at radius 2 is 2.54 bits per heavy atom. The number of furan rings is 1. The van der Waals surface area contributed by atoms with Crippen LogP contribution in [0.4, 0.5) is 0 Å². The van der Waals surface area contributed by atoms with Crippen molar-refractivity contribution in [2.75, 3.05) is 6.54 Å². The quantitative estimate of drug-likeness (QED) is 0.707. The van der Waals surface area contributed by atoms with E-state index < -0.39 is 0 Å². The molecule has 0 radical (unpaired) electrons. The maximum absolute atomic E-state index is 10.5. The van der Waals surface area contributed by atoms with Gasteiger partial charge in [-0.1, -0.05) is 6.92 Å². The second-order valence-electron chi connectivity index (χ2n) is 2.82. The highest BCUT2D eigenvalue weighted by Crippen LogP contribution is 2.15. The van der Waals surface area contributed by atoms with Crippen molar-refractivity contribution >= 4 is 5.91 Å². The lowest BCUT2D eigenvalue weighted by Gasteiger charge is -2.12. The molecular weight excluding hydrogens is 168 g/mol. The molecule has 0 spiro atoms. The van der Waals surface area contributed by atoms with Crippen molar-refractivity contribution in [3.8, 4) is 0 Å². The molecule has 0 aliphatic carbocycles. The Morgan fingerprint density at radius 3 is 3.00 bits per heavy atom. The van der Waals surface area contributed by atoms with Gasteiger partial charge >= 0.3 is 0 Å². The summed E-state index contributed by atoms with van der Waals surface area (Å²) in [5, 5.41) is 3.00. The van der Waals surface area contributed by atoms with E-state index in [1.165, 1.54) is 0 Å². The third-order valence-corrected chi connectivity index (χ3v) is 1.82. The van der Waals surface area contributed by atoms with E-state index in [0.29, 0.717) is 0 Å². The molecule has 1 unspecified atom stereocenters. The smallest absolute Gasteiger partial charge is 0.231 e. The average molecular weight is 182 g/mol. The Kier molecular flexibility index (Phi) is 3.52. The number of primary amides is 1. The van der Waals surface area contributed by atoms with Gasteiger partial charge in [0.2, 0.25) is 5.91 Å². The van der Waals surface area contributed by atoms with Crippen LogP contribution in [-0.2, 0) is 4.79 Å². The van der Waals surface area contributed by atoms with Crippen LogP contribution in [0.25, 0.3) is 0 Å². The molecule has 1 rings (SSSR count). The fraction of sp³-hybridized carbons (Fsp3) is 0.444. The number of rotatable bonds is 5. The van der Waals surface area contributed by atoms with Crippen molar-refractivity contribution in [3.63, 3.8) is 0 Å². The summed E-state index contributed by atoms with van der Waals surface area (Å²) in [6, 6.07) is 3.77. The number of nitrogens with one attached hydrogen (secondary N) is 1. The van der Waals surface area contributed by atoms with Gasteiger partial charge in [-0.3, -0.25) is 10.1 Å². The number of hydrogen-bond donors (Lipinski definition) is 2. The third-order valence-electron chi connectivity index (χ3n) is 1.82. The number of hydrogen-bond acceptors (Lipinski definition) is 3. The maximum Gasteiger partial charge on any atom is 0.231 e. The van der Waals surface area contributed by atoms with E-state index in [4.69, 9.17) is 10.2 Å². The lowest BCUT2D eigenvalue weighted by molar-refractivity contribution is -0.117. The second-order valence-corrected chi connectivity index (χ2v) is 2.82. The van der Waals surface area contributed by atoms with E-state index >= 15 is 0 Å². The molecule has 0 aromatic carbocycles. The predicted octanol–water partition coefficient (Wildman–Crippen LogP) is 0.806. The molecule has 4 nitrogen and oxygen atoms in total. The molecule has 13 heavy (non-hydrogen) atoms. The van der Waals surface area contributed by atoms with Crippen molar-refractivity contribution in [1.29, 1.82) is 0 Å². The summed E-state index contributed by atoms with van der Waals surface area (Å²) < 4.78 is 5.20. The first-order valence-electron chi connectivity index (χ1n) is 4.29. The second kappa shape index (κ2) is 4.67. The molecular formula is C9H14N2O2. The molecule has 72 valence electrons. The molecule has 1 aromatic heterocycles. The highest BCUT2D eigenvalue weighted by atomic mass is 16.3. The summed E-state index contributed by atoms with van der Waals surface area (Å²) in [5.41, 5.74) is 5.02. The Morgan fingerprint density at radius 1 is 1.77 bits per heavy atom. The molecule has 0 aliphatic heterocycles. The van der Waals surface area contributed by atoms with Gasteiger partial charge in [0.1, 0.15) is 5.76 Å². The van der Waals surface area contributed by atoms with Gasteiger partial charge in [-0.15, -0.1) is 0 Å². The first-order valence-corrected chi connectivity index (χ1v) is 4.29. The standard InChI is InChI=1S/C9H14N2O2/c1-2-7(11-6-9(10)12)8-4-3-5-13-8/h3-5,7,11H,2,6H2,1H3,(H2,10,12). The van der Waals surface area contributed by atoms with Gasteiger partial charge in [0.05, 0.1) is 18.8 Å². The van der Waals surface area contributed by atoms with Crippen LogP contribution in [0.3, 0.4) is 0 Å². The molecule has 3 N–H and O–H groups in total. The zero-order valence-corrected chi connectivity index (χ0v) is 7.62. The SMILES string of the molecule is CCC(NCC(N)=O)c1ccco1. The van der Waals surface area contributed by atoms with Crippen LogP contribution in [-0.4, -0.2) is 12.5 Å². The molecule has 1 heterocycles. The summed E-state index contributed by atoms with van der Waals surface area (Å²) in [6.07, 6.45) is 2.48. The van der Waals surface area contributed by atoms with Crippen LogP contribution in [0.1, 0.15) is 25.1 Å². The topological polar surface area (TPSA) is 68.3 Å². The van der Waals surface area contributed by atoms with Crippen molar-refractivity contribution in [3.05, 3.63) is 24.2 Å². The van der Waals surface area contributed by atoms with E-state index in [1.54, 1.807) is 6.26 Å². The molecule has 4 heteroatoms. The molecule has 0 aliphatic rings. The van der Waals surface area contributed by atoms with Crippen LogP contribution in [0.2, 0.25) is 0 Å². The molecule has 1 aromatic rings. The van der Waals surface area contributed by atoms with Crippen molar-refractivity contribution < 1.29 is 9.21 Å². The summed E-state index contributed by atoms with van der Waals surface area (Å²) >= 11 is 0. The Hall–Kier alpha value is -1.29. The highest BCUT2D eigenvalue weighted by Gasteiger charge is 2.11. The number of nitrogens with two attached hydrogens (primary N) is 1. The lowest BCUT2D eigenvalue weighted by atomic mass is 10.2. The first kappa shape index (κ1) is 9.80. The first-order chi connectivity index (χ1) is 6.24. The zero-order chi connectivity index (χ0) is 9.68. The van der Waals surface area contributed by atoms with Crippen LogP contribution < -0.4 is 11.1 Å². The van der Waals surface area contributed by atoms with E-state index in [-0.39, 0.29) is 18.5 Å². The number of carbonyl (C=O) groups is 1. The van der Waals surface area contributed by atoms with Crippen LogP contribution >= 0.6 is 0 Å². The highest BCUT2D eigenvalue weighted by molar-refractivity contribution is 5.75. The van der Waals surface area contributed by atoms with Crippen LogP contribution in [0.5, 0.6) is 0 Å². The minimum Gasteiger partial charge on any atom is -0.468 e. The molecule has 0 saturated heterocycles. The van der Waals surface area contributed by atoms with Crippen molar-refractivity contribution in [1.82, 2.24) is 5.32 Å². The molecule has 1 atom stereocenters. The van der Waals surface area contributed by atoms with Gasteiger partial charge in [0.25, 0.3) is 0 Å². The maximum atomic E-state index is 10.5. The minimum absolute atomic E-state index is 0.0718. The van der Waals surface area contributed by atoms with Gasteiger partial charge in [0, 0.05) is 0 Å². The predicted molar refractivity (Wildman–Crippen MR) is 48.9 cm³/mol. The molecule has 0 fully saturated rings. The fourth-order valence-electron chi connectivity index (χ4n) is 1.16. The van der Waals surface area contributed by atoms with E-state index in [1.807, 2.05) is 19.1 Å². The van der Waals surface area contributed by atoms with Crippen LogP contribution in [0, 0.1) is 0 Å². The Bertz CT molecular complexity index is 257. The zero-order valence-electron chi connectivity index (χ0n) is 7.62. The van der Waals surface area contributed by atoms with Crippen LogP contribution in [0.15, 0.2) is 22.8 Å². The van der Waals surface area contributed by atoms with E-state index in [2.05, 4.69) is 5.32 Å². The van der Waals surface area contributed by atoms with Crippen molar-refractivity contribution in [2.24, 2.45) is 5.73 Å².